The summed E-state index contributed by atoms with van der Waals surface area (Å²) in [6.07, 6.45) is -0.522. The van der Waals surface area contributed by atoms with Gasteiger partial charge in [0.05, 0.1) is 14.2 Å². The van der Waals surface area contributed by atoms with Gasteiger partial charge in [0.1, 0.15) is 6.61 Å². The van der Waals surface area contributed by atoms with E-state index >= 15 is 0 Å². The molecule has 0 aliphatic heterocycles. The number of phenols is 1. The molecule has 0 saturated carbocycles. The van der Waals surface area contributed by atoms with E-state index in [-0.39, 0.29) is 30.6 Å². The molecule has 1 amide bonds. The number of fused-ring (bicyclic) bond motifs is 3. The molecule has 0 unspecified atom stereocenters. The van der Waals surface area contributed by atoms with Crippen LogP contribution in [0.5, 0.6) is 17.2 Å². The summed E-state index contributed by atoms with van der Waals surface area (Å²) in [5, 5.41) is 12.8. The van der Waals surface area contributed by atoms with Crippen molar-refractivity contribution in [1.82, 2.24) is 5.32 Å². The number of nitrogens with one attached hydrogen (secondary N) is 1. The minimum absolute atomic E-state index is 0.00766. The van der Waals surface area contributed by atoms with Gasteiger partial charge in [-0.2, -0.15) is 0 Å². The molecule has 6 nitrogen and oxygen atoms in total. The highest BCUT2D eigenvalue weighted by molar-refractivity contribution is 5.79. The lowest BCUT2D eigenvalue weighted by Gasteiger charge is -2.15. The minimum atomic E-state index is -0.522. The van der Waals surface area contributed by atoms with Crippen molar-refractivity contribution in [3.63, 3.8) is 0 Å². The molecule has 3 aromatic rings. The van der Waals surface area contributed by atoms with Crippen molar-refractivity contribution in [2.75, 3.05) is 20.8 Å². The Morgan fingerprint density at radius 1 is 0.967 bits per heavy atom. The number of phenolic OH excluding ortho intramolecular Hbond substituents is 1. The Morgan fingerprint density at radius 3 is 2.20 bits per heavy atom. The van der Waals surface area contributed by atoms with Crippen molar-refractivity contribution in [1.29, 1.82) is 0 Å². The zero-order valence-electron chi connectivity index (χ0n) is 16.8. The van der Waals surface area contributed by atoms with Crippen LogP contribution in [-0.4, -0.2) is 32.0 Å². The molecule has 0 saturated heterocycles. The monoisotopic (exact) mass is 405 g/mol. The van der Waals surface area contributed by atoms with Crippen molar-refractivity contribution < 1.29 is 24.1 Å². The van der Waals surface area contributed by atoms with E-state index in [0.717, 1.165) is 11.1 Å². The van der Waals surface area contributed by atoms with Gasteiger partial charge in [-0.15, -0.1) is 0 Å². The van der Waals surface area contributed by atoms with Crippen molar-refractivity contribution in [3.8, 4) is 28.4 Å². The first-order valence-corrected chi connectivity index (χ1v) is 9.65. The summed E-state index contributed by atoms with van der Waals surface area (Å²) in [5.41, 5.74) is 5.36. The molecule has 3 aromatic carbocycles. The second kappa shape index (κ2) is 8.37. The number of aromatic hydroxyl groups is 1. The van der Waals surface area contributed by atoms with Gasteiger partial charge in [0.2, 0.25) is 5.75 Å². The highest BCUT2D eigenvalue weighted by Crippen LogP contribution is 2.44. The number of methoxy groups -OCH3 is 2. The van der Waals surface area contributed by atoms with E-state index in [1.54, 1.807) is 6.07 Å². The molecule has 154 valence electrons. The highest BCUT2D eigenvalue weighted by atomic mass is 16.5. The Kier molecular flexibility index (Phi) is 5.48. The Hall–Kier alpha value is -3.67. The van der Waals surface area contributed by atoms with Crippen LogP contribution in [0.4, 0.5) is 4.79 Å². The predicted octanol–water partition coefficient (Wildman–Crippen LogP) is 4.45. The normalized spacial score (nSPS) is 12.1. The van der Waals surface area contributed by atoms with Crippen LogP contribution < -0.4 is 14.8 Å². The number of ether oxygens (including phenoxy) is 3. The molecular formula is C24H23NO5. The second-order valence-corrected chi connectivity index (χ2v) is 7.03. The van der Waals surface area contributed by atoms with E-state index in [4.69, 9.17) is 14.2 Å². The number of hydrogen-bond acceptors (Lipinski definition) is 5. The van der Waals surface area contributed by atoms with E-state index < -0.39 is 6.09 Å². The molecule has 4 rings (SSSR count). The van der Waals surface area contributed by atoms with Crippen molar-refractivity contribution in [3.05, 3.63) is 77.4 Å². The third kappa shape index (κ3) is 3.64. The van der Waals surface area contributed by atoms with E-state index in [0.29, 0.717) is 11.3 Å². The summed E-state index contributed by atoms with van der Waals surface area (Å²) in [7, 11) is 2.94. The number of alkyl carbamates (subject to hydrolysis) is 1. The van der Waals surface area contributed by atoms with Crippen molar-refractivity contribution in [2.24, 2.45) is 0 Å². The van der Waals surface area contributed by atoms with E-state index in [9.17, 15) is 9.90 Å². The quantitative estimate of drug-likeness (QED) is 0.634. The first kappa shape index (κ1) is 19.6. The fraction of sp³-hybridized carbons (Fsp3) is 0.208. The fourth-order valence-corrected chi connectivity index (χ4v) is 3.93. The second-order valence-electron chi connectivity index (χ2n) is 7.03. The Morgan fingerprint density at radius 2 is 1.60 bits per heavy atom. The molecule has 1 aliphatic carbocycles. The Balaban J connectivity index is 1.41. The summed E-state index contributed by atoms with van der Waals surface area (Å²) in [4.78, 5) is 12.3. The summed E-state index contributed by atoms with van der Waals surface area (Å²) in [5.74, 6) is 0.596. The summed E-state index contributed by atoms with van der Waals surface area (Å²) >= 11 is 0. The van der Waals surface area contributed by atoms with Crippen molar-refractivity contribution in [2.45, 2.75) is 12.5 Å². The average molecular weight is 405 g/mol. The van der Waals surface area contributed by atoms with Gasteiger partial charge >= 0.3 is 6.09 Å². The fourth-order valence-electron chi connectivity index (χ4n) is 3.93. The maximum absolute atomic E-state index is 12.3. The zero-order chi connectivity index (χ0) is 21.1. The van der Waals surface area contributed by atoms with Gasteiger partial charge in [-0.05, 0) is 39.9 Å². The van der Waals surface area contributed by atoms with Crippen LogP contribution in [0.15, 0.2) is 60.7 Å². The molecule has 6 heteroatoms. The molecule has 0 aromatic heterocycles. The number of hydrogen-bond donors (Lipinski definition) is 2. The average Bonchev–Trinajstić information content (AvgIpc) is 3.09. The molecule has 30 heavy (non-hydrogen) atoms. The van der Waals surface area contributed by atoms with Gasteiger partial charge in [0, 0.05) is 12.5 Å². The third-order valence-electron chi connectivity index (χ3n) is 5.30. The third-order valence-corrected chi connectivity index (χ3v) is 5.30. The molecule has 0 radical (unpaired) electrons. The first-order chi connectivity index (χ1) is 14.6. The molecule has 0 bridgehead atoms. The van der Waals surface area contributed by atoms with E-state index in [2.05, 4.69) is 29.6 Å². The summed E-state index contributed by atoms with van der Waals surface area (Å²) in [6, 6.07) is 19.6. The summed E-state index contributed by atoms with van der Waals surface area (Å²) < 4.78 is 15.9. The van der Waals surface area contributed by atoms with Crippen LogP contribution in [0.1, 0.15) is 22.6 Å². The smallest absolute Gasteiger partial charge is 0.407 e. The van der Waals surface area contributed by atoms with Crippen LogP contribution in [0, 0.1) is 0 Å². The van der Waals surface area contributed by atoms with Crippen LogP contribution in [-0.2, 0) is 11.3 Å². The van der Waals surface area contributed by atoms with Crippen LogP contribution in [0.2, 0.25) is 0 Å². The molecule has 0 atom stereocenters. The minimum Gasteiger partial charge on any atom is -0.504 e. The number of amides is 1. The number of benzene rings is 3. The van der Waals surface area contributed by atoms with Crippen molar-refractivity contribution >= 4 is 6.09 Å². The zero-order valence-corrected chi connectivity index (χ0v) is 16.8. The standard InChI is InChI=1S/C24H23NO5/c1-28-22-12-15(11-21(26)23(22)29-2)13-25-24(27)30-14-20-18-9-5-3-7-16(18)17-8-4-6-10-19(17)20/h3-12,20,26H,13-14H2,1-2H3,(H,25,27). The molecular weight excluding hydrogens is 382 g/mol. The maximum atomic E-state index is 12.3. The molecule has 1 aliphatic rings. The van der Waals surface area contributed by atoms with E-state index in [1.165, 1.54) is 31.4 Å². The molecule has 2 N–H and O–H groups in total. The lowest BCUT2D eigenvalue weighted by Crippen LogP contribution is -2.25. The predicted molar refractivity (Wildman–Crippen MR) is 113 cm³/mol. The van der Waals surface area contributed by atoms with E-state index in [1.807, 2.05) is 24.3 Å². The van der Waals surface area contributed by atoms with Gasteiger partial charge < -0.3 is 24.6 Å². The number of carbonyl (C=O) groups is 1. The molecule has 0 heterocycles. The molecule has 0 spiro atoms. The van der Waals surface area contributed by atoms with Gasteiger partial charge in [-0.1, -0.05) is 48.5 Å². The summed E-state index contributed by atoms with van der Waals surface area (Å²) in [6.45, 7) is 0.432. The molecule has 0 fully saturated rings. The maximum Gasteiger partial charge on any atom is 0.407 e. The Labute approximate surface area is 175 Å². The van der Waals surface area contributed by atoms with Gasteiger partial charge in [0.25, 0.3) is 0 Å². The number of rotatable bonds is 6. The highest BCUT2D eigenvalue weighted by Gasteiger charge is 2.29. The van der Waals surface area contributed by atoms with Gasteiger partial charge in [-0.25, -0.2) is 4.79 Å². The number of carbonyl (C=O) groups excluding carboxylic acids is 1. The SMILES string of the molecule is COc1cc(CNC(=O)OCC2c3ccccc3-c3ccccc32)cc(O)c1OC. The van der Waals surface area contributed by atoms with Crippen LogP contribution in [0.3, 0.4) is 0 Å². The van der Waals surface area contributed by atoms with Gasteiger partial charge in [0.15, 0.2) is 11.5 Å². The van der Waals surface area contributed by atoms with Crippen LogP contribution >= 0.6 is 0 Å². The largest absolute Gasteiger partial charge is 0.504 e. The lowest BCUT2D eigenvalue weighted by molar-refractivity contribution is 0.142. The van der Waals surface area contributed by atoms with Gasteiger partial charge in [-0.3, -0.25) is 0 Å². The lowest BCUT2D eigenvalue weighted by atomic mass is 9.98. The Bertz CT molecular complexity index is 1030. The van der Waals surface area contributed by atoms with Crippen LogP contribution in [0.25, 0.3) is 11.1 Å². The topological polar surface area (TPSA) is 77.0 Å². The first-order valence-electron chi connectivity index (χ1n) is 9.65.